The Kier molecular flexibility index (Phi) is 4.96. The van der Waals surface area contributed by atoms with E-state index in [0.29, 0.717) is 12.0 Å². The van der Waals surface area contributed by atoms with Crippen molar-refractivity contribution in [3.63, 3.8) is 0 Å². The second kappa shape index (κ2) is 6.72. The number of nitrogens with one attached hydrogen (secondary N) is 1. The molecule has 1 aromatic heterocycles. The van der Waals surface area contributed by atoms with Crippen molar-refractivity contribution in [2.24, 2.45) is 11.8 Å². The number of hydrogen-bond acceptors (Lipinski definition) is 3. The van der Waals surface area contributed by atoms with E-state index in [1.165, 1.54) is 0 Å². The Hall–Kier alpha value is -1.88. The van der Waals surface area contributed by atoms with Gasteiger partial charge in [0.25, 0.3) is 5.91 Å². The van der Waals surface area contributed by atoms with Gasteiger partial charge in [-0.2, -0.15) is 0 Å². The van der Waals surface area contributed by atoms with E-state index >= 15 is 0 Å². The highest BCUT2D eigenvalue weighted by atomic mass is 32.1. The molecule has 0 fully saturated rings. The number of carboxylic acid groups (broad SMARTS) is 1. The Morgan fingerprint density at radius 1 is 1.29 bits per heavy atom. The molecule has 0 aliphatic carbocycles. The summed E-state index contributed by atoms with van der Waals surface area (Å²) in [5.74, 6) is -1.35. The van der Waals surface area contributed by atoms with Gasteiger partial charge in [-0.05, 0) is 47.4 Å². The number of benzene rings is 1. The van der Waals surface area contributed by atoms with Crippen LogP contribution in [0.5, 0.6) is 0 Å². The molecular weight excluding hydrogens is 286 g/mol. The Balaban J connectivity index is 2.01. The van der Waals surface area contributed by atoms with Crippen LogP contribution in [0, 0.1) is 11.8 Å². The summed E-state index contributed by atoms with van der Waals surface area (Å²) in [6.07, 6.45) is 0.555. The summed E-state index contributed by atoms with van der Waals surface area (Å²) in [6, 6.07) is 7.49. The zero-order chi connectivity index (χ0) is 15.4. The van der Waals surface area contributed by atoms with Crippen LogP contribution >= 0.6 is 11.3 Å². The van der Waals surface area contributed by atoms with Gasteiger partial charge in [0.15, 0.2) is 0 Å². The predicted octanol–water partition coefficient (Wildman–Crippen LogP) is 3.38. The first-order chi connectivity index (χ1) is 9.97. The summed E-state index contributed by atoms with van der Waals surface area (Å²) in [5.41, 5.74) is 0.564. The van der Waals surface area contributed by atoms with Crippen molar-refractivity contribution in [2.75, 3.05) is 6.54 Å². The van der Waals surface area contributed by atoms with Gasteiger partial charge in [-0.3, -0.25) is 9.59 Å². The molecule has 1 unspecified atom stereocenters. The third kappa shape index (κ3) is 4.04. The minimum Gasteiger partial charge on any atom is -0.481 e. The number of hydrogen-bond donors (Lipinski definition) is 2. The molecule has 2 rings (SSSR count). The SMILES string of the molecule is CC(C)CC(CNC(=O)c1ccc2sccc2c1)C(=O)O. The van der Waals surface area contributed by atoms with Crippen molar-refractivity contribution >= 4 is 33.3 Å². The van der Waals surface area contributed by atoms with Crippen molar-refractivity contribution in [2.45, 2.75) is 20.3 Å². The summed E-state index contributed by atoms with van der Waals surface area (Å²) in [7, 11) is 0. The third-order valence-corrected chi connectivity index (χ3v) is 4.23. The number of rotatable bonds is 6. The largest absolute Gasteiger partial charge is 0.481 e. The van der Waals surface area contributed by atoms with Crippen LogP contribution in [-0.4, -0.2) is 23.5 Å². The standard InChI is InChI=1S/C16H19NO3S/c1-10(2)7-13(16(19)20)9-17-15(18)12-3-4-14-11(8-12)5-6-21-14/h3-6,8,10,13H,7,9H2,1-2H3,(H,17,18)(H,19,20). The van der Waals surface area contributed by atoms with Gasteiger partial charge in [-0.1, -0.05) is 13.8 Å². The average Bonchev–Trinajstić information content (AvgIpc) is 2.89. The molecule has 1 amide bonds. The number of fused-ring (bicyclic) bond motifs is 1. The maximum Gasteiger partial charge on any atom is 0.308 e. The van der Waals surface area contributed by atoms with Crippen LogP contribution in [0.3, 0.4) is 0 Å². The lowest BCUT2D eigenvalue weighted by Gasteiger charge is -2.15. The minimum absolute atomic E-state index is 0.161. The van der Waals surface area contributed by atoms with Crippen LogP contribution in [0.15, 0.2) is 29.6 Å². The summed E-state index contributed by atoms with van der Waals surface area (Å²) in [5, 5.41) is 14.9. The van der Waals surface area contributed by atoms with Gasteiger partial charge in [-0.15, -0.1) is 11.3 Å². The lowest BCUT2D eigenvalue weighted by molar-refractivity contribution is -0.142. The highest BCUT2D eigenvalue weighted by molar-refractivity contribution is 7.17. The van der Waals surface area contributed by atoms with Crippen LogP contribution in [0.4, 0.5) is 0 Å². The van der Waals surface area contributed by atoms with Gasteiger partial charge in [0.2, 0.25) is 0 Å². The quantitative estimate of drug-likeness (QED) is 0.860. The smallest absolute Gasteiger partial charge is 0.308 e. The fourth-order valence-electron chi connectivity index (χ4n) is 2.27. The van der Waals surface area contributed by atoms with Gasteiger partial charge < -0.3 is 10.4 Å². The van der Waals surface area contributed by atoms with Crippen molar-refractivity contribution in [3.05, 3.63) is 35.2 Å². The Labute approximate surface area is 127 Å². The van der Waals surface area contributed by atoms with E-state index in [-0.39, 0.29) is 18.4 Å². The molecule has 1 heterocycles. The lowest BCUT2D eigenvalue weighted by atomic mass is 9.97. The van der Waals surface area contributed by atoms with Crippen LogP contribution in [0.1, 0.15) is 30.6 Å². The molecule has 0 spiro atoms. The normalized spacial score (nSPS) is 12.5. The van der Waals surface area contributed by atoms with E-state index in [2.05, 4.69) is 5.32 Å². The molecular formula is C16H19NO3S. The van der Waals surface area contributed by atoms with Gasteiger partial charge in [-0.25, -0.2) is 0 Å². The molecule has 0 bridgehead atoms. The van der Waals surface area contributed by atoms with Crippen molar-refractivity contribution in [1.29, 1.82) is 0 Å². The van der Waals surface area contributed by atoms with E-state index in [1.807, 2.05) is 37.4 Å². The summed E-state index contributed by atoms with van der Waals surface area (Å²) >= 11 is 1.63. The second-order valence-corrected chi connectivity index (χ2v) is 6.50. The molecule has 0 radical (unpaired) electrons. The Morgan fingerprint density at radius 2 is 2.05 bits per heavy atom. The molecule has 2 aromatic rings. The molecule has 0 saturated carbocycles. The molecule has 0 aliphatic rings. The van der Waals surface area contributed by atoms with E-state index < -0.39 is 11.9 Å². The topological polar surface area (TPSA) is 66.4 Å². The highest BCUT2D eigenvalue weighted by Crippen LogP contribution is 2.21. The predicted molar refractivity (Wildman–Crippen MR) is 84.7 cm³/mol. The van der Waals surface area contributed by atoms with Crippen LogP contribution in [0.25, 0.3) is 10.1 Å². The number of amides is 1. The molecule has 112 valence electrons. The average molecular weight is 305 g/mol. The first-order valence-corrected chi connectivity index (χ1v) is 7.83. The summed E-state index contributed by atoms with van der Waals surface area (Å²) in [4.78, 5) is 23.3. The van der Waals surface area contributed by atoms with Crippen LogP contribution < -0.4 is 5.32 Å². The molecule has 21 heavy (non-hydrogen) atoms. The molecule has 1 atom stereocenters. The summed E-state index contributed by atoms with van der Waals surface area (Å²) in [6.45, 7) is 4.11. The third-order valence-electron chi connectivity index (χ3n) is 3.33. The molecule has 2 N–H and O–H groups in total. The molecule has 0 saturated heterocycles. The van der Waals surface area contributed by atoms with Crippen molar-refractivity contribution in [3.8, 4) is 0 Å². The molecule has 5 heteroatoms. The summed E-state index contributed by atoms with van der Waals surface area (Å²) < 4.78 is 1.13. The lowest BCUT2D eigenvalue weighted by Crippen LogP contribution is -2.33. The number of thiophene rings is 1. The van der Waals surface area contributed by atoms with Crippen LogP contribution in [-0.2, 0) is 4.79 Å². The number of carbonyl (C=O) groups excluding carboxylic acids is 1. The van der Waals surface area contributed by atoms with Crippen molar-refractivity contribution < 1.29 is 14.7 Å². The fourth-order valence-corrected chi connectivity index (χ4v) is 3.04. The zero-order valence-corrected chi connectivity index (χ0v) is 12.9. The van der Waals surface area contributed by atoms with Gasteiger partial charge in [0, 0.05) is 16.8 Å². The van der Waals surface area contributed by atoms with Crippen LogP contribution in [0.2, 0.25) is 0 Å². The number of aliphatic carboxylic acids is 1. The maximum atomic E-state index is 12.1. The maximum absolute atomic E-state index is 12.1. The Bertz CT molecular complexity index is 648. The first kappa shape index (κ1) is 15.5. The Morgan fingerprint density at radius 3 is 2.71 bits per heavy atom. The van der Waals surface area contributed by atoms with Gasteiger partial charge >= 0.3 is 5.97 Å². The number of carboxylic acids is 1. The monoisotopic (exact) mass is 305 g/mol. The second-order valence-electron chi connectivity index (χ2n) is 5.55. The van der Waals surface area contributed by atoms with E-state index in [0.717, 1.165) is 10.1 Å². The van der Waals surface area contributed by atoms with Gasteiger partial charge in [0.1, 0.15) is 0 Å². The minimum atomic E-state index is -0.864. The van der Waals surface area contributed by atoms with E-state index in [4.69, 9.17) is 5.11 Å². The molecule has 1 aromatic carbocycles. The number of carbonyl (C=O) groups is 2. The first-order valence-electron chi connectivity index (χ1n) is 6.95. The molecule has 4 nitrogen and oxygen atoms in total. The zero-order valence-electron chi connectivity index (χ0n) is 12.1. The molecule has 0 aliphatic heterocycles. The highest BCUT2D eigenvalue weighted by Gasteiger charge is 2.20. The van der Waals surface area contributed by atoms with E-state index in [1.54, 1.807) is 17.4 Å². The van der Waals surface area contributed by atoms with Gasteiger partial charge in [0.05, 0.1) is 5.92 Å². The fraction of sp³-hybridized carbons (Fsp3) is 0.375. The van der Waals surface area contributed by atoms with Crippen molar-refractivity contribution in [1.82, 2.24) is 5.32 Å². The van der Waals surface area contributed by atoms with E-state index in [9.17, 15) is 9.59 Å².